The number of morpholine rings is 1. The summed E-state index contributed by atoms with van der Waals surface area (Å²) in [4.78, 5) is 11.1. The van der Waals surface area contributed by atoms with Crippen LogP contribution in [0.1, 0.15) is 45.3 Å². The molecule has 140 valence electrons. The van der Waals surface area contributed by atoms with Crippen LogP contribution in [0.2, 0.25) is 0 Å². The highest BCUT2D eigenvalue weighted by molar-refractivity contribution is 5.79. The Morgan fingerprint density at radius 1 is 1.28 bits per heavy atom. The molecule has 8 nitrogen and oxygen atoms in total. The molecule has 1 aromatic rings. The Hall–Kier alpha value is -1.67. The standard InChI is InChI=1S/C17H29N5O3/c1-17(2,3)15-20-14(21-25-15)10-19-16(18-4)22-7-9-24-13(11-22)12-6-5-8-23-12/h12-13H,5-11H2,1-4H3,(H,18,19). The zero-order valence-electron chi connectivity index (χ0n) is 15.6. The maximum Gasteiger partial charge on any atom is 0.232 e. The fourth-order valence-electron chi connectivity index (χ4n) is 3.11. The number of ether oxygens (including phenoxy) is 2. The highest BCUT2D eigenvalue weighted by Crippen LogP contribution is 2.21. The molecule has 2 unspecified atom stereocenters. The first-order valence-electron chi connectivity index (χ1n) is 8.99. The molecule has 0 aromatic carbocycles. The number of hydrogen-bond acceptors (Lipinski definition) is 6. The van der Waals surface area contributed by atoms with Crippen LogP contribution in [0, 0.1) is 0 Å². The summed E-state index contributed by atoms with van der Waals surface area (Å²) in [6, 6.07) is 0. The molecule has 2 fully saturated rings. The largest absolute Gasteiger partial charge is 0.375 e. The molecule has 0 radical (unpaired) electrons. The third kappa shape index (κ3) is 4.49. The summed E-state index contributed by atoms with van der Waals surface area (Å²) < 4.78 is 17.0. The summed E-state index contributed by atoms with van der Waals surface area (Å²) in [5.41, 5.74) is -0.147. The Morgan fingerprint density at radius 2 is 2.08 bits per heavy atom. The molecule has 2 aliphatic rings. The van der Waals surface area contributed by atoms with E-state index in [2.05, 4.69) is 46.1 Å². The average molecular weight is 351 g/mol. The summed E-state index contributed by atoms with van der Waals surface area (Å²) in [5.74, 6) is 2.10. The lowest BCUT2D eigenvalue weighted by Crippen LogP contribution is -2.53. The maximum absolute atomic E-state index is 5.90. The smallest absolute Gasteiger partial charge is 0.232 e. The van der Waals surface area contributed by atoms with E-state index >= 15 is 0 Å². The molecule has 8 heteroatoms. The first kappa shape index (κ1) is 18.1. The molecule has 1 aromatic heterocycles. The number of hydrogen-bond donors (Lipinski definition) is 1. The molecule has 1 N–H and O–H groups in total. The summed E-state index contributed by atoms with van der Waals surface area (Å²) in [7, 11) is 1.79. The van der Waals surface area contributed by atoms with Crippen LogP contribution in [0.5, 0.6) is 0 Å². The van der Waals surface area contributed by atoms with Crippen LogP contribution in [0.4, 0.5) is 0 Å². The van der Waals surface area contributed by atoms with Gasteiger partial charge in [-0.3, -0.25) is 4.99 Å². The maximum atomic E-state index is 5.90. The minimum absolute atomic E-state index is 0.104. The number of nitrogens with one attached hydrogen (secondary N) is 1. The van der Waals surface area contributed by atoms with Crippen molar-refractivity contribution in [2.45, 2.75) is 57.8 Å². The Labute approximate surface area is 149 Å². The first-order valence-corrected chi connectivity index (χ1v) is 8.99. The summed E-state index contributed by atoms with van der Waals surface area (Å²) in [5, 5.41) is 7.37. The molecule has 2 atom stereocenters. The average Bonchev–Trinajstić information content (AvgIpc) is 3.27. The molecule has 2 aliphatic heterocycles. The second-order valence-corrected chi connectivity index (χ2v) is 7.57. The molecule has 3 heterocycles. The van der Waals surface area contributed by atoms with E-state index < -0.39 is 0 Å². The molecule has 25 heavy (non-hydrogen) atoms. The summed E-state index contributed by atoms with van der Waals surface area (Å²) >= 11 is 0. The monoisotopic (exact) mass is 351 g/mol. The van der Waals surface area contributed by atoms with E-state index in [4.69, 9.17) is 14.0 Å². The van der Waals surface area contributed by atoms with Crippen molar-refractivity contribution in [2.24, 2.45) is 4.99 Å². The number of aliphatic imine (C=N–C) groups is 1. The van der Waals surface area contributed by atoms with Crippen LogP contribution in [0.3, 0.4) is 0 Å². The fraction of sp³-hybridized carbons (Fsp3) is 0.824. The van der Waals surface area contributed by atoms with Crippen LogP contribution in [-0.4, -0.2) is 66.6 Å². The highest BCUT2D eigenvalue weighted by atomic mass is 16.5. The van der Waals surface area contributed by atoms with Gasteiger partial charge in [0.05, 0.1) is 19.3 Å². The van der Waals surface area contributed by atoms with Crippen molar-refractivity contribution in [1.82, 2.24) is 20.4 Å². The zero-order valence-corrected chi connectivity index (χ0v) is 15.6. The summed E-state index contributed by atoms with van der Waals surface area (Å²) in [6.45, 7) is 9.74. The molecule has 3 rings (SSSR count). The number of guanidine groups is 1. The molecule has 0 spiro atoms. The van der Waals surface area contributed by atoms with Gasteiger partial charge in [0, 0.05) is 32.2 Å². The predicted molar refractivity (Wildman–Crippen MR) is 93.5 cm³/mol. The van der Waals surface area contributed by atoms with Gasteiger partial charge in [-0.1, -0.05) is 25.9 Å². The van der Waals surface area contributed by atoms with Crippen LogP contribution in [0.15, 0.2) is 9.52 Å². The van der Waals surface area contributed by atoms with Crippen LogP contribution in [0.25, 0.3) is 0 Å². The van der Waals surface area contributed by atoms with E-state index in [0.29, 0.717) is 24.9 Å². The van der Waals surface area contributed by atoms with Gasteiger partial charge in [-0.05, 0) is 12.8 Å². The Bertz CT molecular complexity index is 589. The molecule has 0 bridgehead atoms. The Kier molecular flexibility index (Phi) is 5.58. The Morgan fingerprint density at radius 3 is 2.72 bits per heavy atom. The Balaban J connectivity index is 1.56. The molecular formula is C17H29N5O3. The second kappa shape index (κ2) is 7.70. The lowest BCUT2D eigenvalue weighted by molar-refractivity contribution is -0.0817. The minimum Gasteiger partial charge on any atom is -0.375 e. The summed E-state index contributed by atoms with van der Waals surface area (Å²) in [6.07, 6.45) is 2.49. The molecule has 0 aliphatic carbocycles. The van der Waals surface area contributed by atoms with Crippen molar-refractivity contribution in [2.75, 3.05) is 33.4 Å². The van der Waals surface area contributed by atoms with Gasteiger partial charge in [0.25, 0.3) is 0 Å². The van der Waals surface area contributed by atoms with Gasteiger partial charge in [-0.25, -0.2) is 0 Å². The minimum atomic E-state index is -0.147. The van der Waals surface area contributed by atoms with E-state index in [1.807, 2.05) is 0 Å². The lowest BCUT2D eigenvalue weighted by atomic mass is 9.97. The van der Waals surface area contributed by atoms with Crippen molar-refractivity contribution in [3.63, 3.8) is 0 Å². The van der Waals surface area contributed by atoms with Gasteiger partial charge in [0.15, 0.2) is 11.8 Å². The van der Waals surface area contributed by atoms with Crippen LogP contribution in [-0.2, 0) is 21.4 Å². The van der Waals surface area contributed by atoms with Gasteiger partial charge in [0.1, 0.15) is 6.10 Å². The van der Waals surface area contributed by atoms with Crippen LogP contribution >= 0.6 is 0 Å². The van der Waals surface area contributed by atoms with Crippen molar-refractivity contribution in [3.8, 4) is 0 Å². The highest BCUT2D eigenvalue weighted by Gasteiger charge is 2.32. The molecule has 0 saturated carbocycles. The van der Waals surface area contributed by atoms with E-state index in [-0.39, 0.29) is 17.6 Å². The number of nitrogens with zero attached hydrogens (tertiary/aromatic N) is 4. The van der Waals surface area contributed by atoms with Gasteiger partial charge in [0.2, 0.25) is 5.89 Å². The first-order chi connectivity index (χ1) is 12.0. The van der Waals surface area contributed by atoms with E-state index in [1.165, 1.54) is 0 Å². The van der Waals surface area contributed by atoms with E-state index in [1.54, 1.807) is 7.05 Å². The van der Waals surface area contributed by atoms with Gasteiger partial charge >= 0.3 is 0 Å². The van der Waals surface area contributed by atoms with Crippen molar-refractivity contribution < 1.29 is 14.0 Å². The molecular weight excluding hydrogens is 322 g/mol. The van der Waals surface area contributed by atoms with Gasteiger partial charge in [-0.15, -0.1) is 0 Å². The van der Waals surface area contributed by atoms with Crippen molar-refractivity contribution in [3.05, 3.63) is 11.7 Å². The van der Waals surface area contributed by atoms with Crippen molar-refractivity contribution >= 4 is 5.96 Å². The number of rotatable bonds is 3. The van der Waals surface area contributed by atoms with Gasteiger partial charge < -0.3 is 24.2 Å². The van der Waals surface area contributed by atoms with Crippen molar-refractivity contribution in [1.29, 1.82) is 0 Å². The van der Waals surface area contributed by atoms with E-state index in [9.17, 15) is 0 Å². The normalized spacial score (nSPS) is 25.4. The third-order valence-corrected chi connectivity index (χ3v) is 4.50. The number of aromatic nitrogens is 2. The second-order valence-electron chi connectivity index (χ2n) is 7.57. The van der Waals surface area contributed by atoms with E-state index in [0.717, 1.165) is 38.5 Å². The fourth-order valence-corrected chi connectivity index (χ4v) is 3.11. The topological polar surface area (TPSA) is 85.0 Å². The molecule has 2 saturated heterocycles. The van der Waals surface area contributed by atoms with Crippen LogP contribution < -0.4 is 5.32 Å². The predicted octanol–water partition coefficient (Wildman–Crippen LogP) is 1.32. The zero-order chi connectivity index (χ0) is 17.9. The van der Waals surface area contributed by atoms with Gasteiger partial charge in [-0.2, -0.15) is 4.98 Å². The lowest BCUT2D eigenvalue weighted by Gasteiger charge is -2.37. The molecule has 0 amide bonds. The third-order valence-electron chi connectivity index (χ3n) is 4.50. The quantitative estimate of drug-likeness (QED) is 0.649. The SMILES string of the molecule is CN=C(NCc1noc(C(C)(C)C)n1)N1CCOC(C2CCCO2)C1.